The number of esters is 1. The molecule has 0 fully saturated rings. The first-order valence-electron chi connectivity index (χ1n) is 6.08. The number of ether oxygens (including phenoxy) is 1. The lowest BCUT2D eigenvalue weighted by Gasteiger charge is -1.97. The molecule has 3 N–H and O–H groups in total. The van der Waals surface area contributed by atoms with Gasteiger partial charge >= 0.3 is 5.97 Å². The third kappa shape index (κ3) is 2.19. The van der Waals surface area contributed by atoms with Gasteiger partial charge in [-0.15, -0.1) is 11.3 Å². The molecule has 0 saturated heterocycles. The summed E-state index contributed by atoms with van der Waals surface area (Å²) in [7, 11) is 1.37. The van der Waals surface area contributed by atoms with E-state index < -0.39 is 0 Å². The van der Waals surface area contributed by atoms with E-state index in [1.54, 1.807) is 29.5 Å². The van der Waals surface area contributed by atoms with E-state index in [0.29, 0.717) is 12.1 Å². The normalized spacial score (nSPS) is 10.9. The molecule has 6 heteroatoms. The van der Waals surface area contributed by atoms with Crippen molar-refractivity contribution >= 4 is 28.3 Å². The van der Waals surface area contributed by atoms with Crippen LogP contribution >= 0.6 is 11.3 Å². The first kappa shape index (κ1) is 12.8. The summed E-state index contributed by atoms with van der Waals surface area (Å²) in [6.45, 7) is 0.525. The van der Waals surface area contributed by atoms with Crippen molar-refractivity contribution in [2.75, 3.05) is 7.11 Å². The second-order valence-corrected chi connectivity index (χ2v) is 5.45. The van der Waals surface area contributed by atoms with Gasteiger partial charge < -0.3 is 15.5 Å². The van der Waals surface area contributed by atoms with Gasteiger partial charge in [0, 0.05) is 11.4 Å². The Bertz CT molecular complexity index is 776. The van der Waals surface area contributed by atoms with Crippen LogP contribution < -0.4 is 5.73 Å². The van der Waals surface area contributed by atoms with Crippen molar-refractivity contribution in [2.24, 2.45) is 5.73 Å². The third-order valence-electron chi connectivity index (χ3n) is 3.00. The zero-order valence-corrected chi connectivity index (χ0v) is 11.7. The predicted octanol–water partition coefficient (Wildman–Crippen LogP) is 2.54. The number of aromatic amines is 1. The van der Waals surface area contributed by atoms with Crippen LogP contribution in [0.25, 0.3) is 21.7 Å². The van der Waals surface area contributed by atoms with Gasteiger partial charge in [0.2, 0.25) is 0 Å². The maximum absolute atomic E-state index is 11.5. The van der Waals surface area contributed by atoms with Crippen LogP contribution in [0.2, 0.25) is 0 Å². The number of fused-ring (bicyclic) bond motifs is 1. The Balaban J connectivity index is 2.04. The number of carbonyl (C=O) groups is 1. The molecule has 0 bridgehead atoms. The number of methoxy groups -OCH3 is 1. The number of thiophene rings is 1. The molecule has 0 spiro atoms. The number of rotatable bonds is 3. The highest BCUT2D eigenvalue weighted by atomic mass is 32.1. The Labute approximate surface area is 119 Å². The molecule has 1 aromatic carbocycles. The number of hydrogen-bond donors (Lipinski definition) is 2. The minimum Gasteiger partial charge on any atom is -0.465 e. The average molecular weight is 287 g/mol. The molecule has 0 radical (unpaired) electrons. The van der Waals surface area contributed by atoms with Crippen molar-refractivity contribution in [3.8, 4) is 10.7 Å². The van der Waals surface area contributed by atoms with Crippen molar-refractivity contribution < 1.29 is 9.53 Å². The van der Waals surface area contributed by atoms with Crippen molar-refractivity contribution in [2.45, 2.75) is 6.54 Å². The Morgan fingerprint density at radius 1 is 1.40 bits per heavy atom. The lowest BCUT2D eigenvalue weighted by molar-refractivity contribution is 0.0601. The smallest absolute Gasteiger partial charge is 0.337 e. The molecule has 3 rings (SSSR count). The lowest BCUT2D eigenvalue weighted by atomic mass is 10.2. The van der Waals surface area contributed by atoms with E-state index in [4.69, 9.17) is 10.5 Å². The van der Waals surface area contributed by atoms with Crippen LogP contribution in [0.1, 0.15) is 15.2 Å². The Hall–Kier alpha value is -2.18. The van der Waals surface area contributed by atoms with Gasteiger partial charge in [0.15, 0.2) is 0 Å². The molecule has 2 heterocycles. The van der Waals surface area contributed by atoms with E-state index in [0.717, 1.165) is 26.6 Å². The van der Waals surface area contributed by atoms with Crippen LogP contribution in [0.3, 0.4) is 0 Å². The predicted molar refractivity (Wildman–Crippen MR) is 78.6 cm³/mol. The summed E-state index contributed by atoms with van der Waals surface area (Å²) in [5.41, 5.74) is 7.74. The molecule has 20 heavy (non-hydrogen) atoms. The Morgan fingerprint density at radius 3 is 2.95 bits per heavy atom. The molecular weight excluding hydrogens is 274 g/mol. The Morgan fingerprint density at radius 2 is 2.25 bits per heavy atom. The number of aromatic nitrogens is 2. The van der Waals surface area contributed by atoms with Gasteiger partial charge in [-0.25, -0.2) is 9.78 Å². The van der Waals surface area contributed by atoms with Crippen LogP contribution in [-0.4, -0.2) is 23.0 Å². The fourth-order valence-electron chi connectivity index (χ4n) is 1.99. The maximum atomic E-state index is 11.5. The quantitative estimate of drug-likeness (QED) is 0.725. The number of nitrogens with one attached hydrogen (secondary N) is 1. The van der Waals surface area contributed by atoms with Crippen molar-refractivity contribution in [3.05, 3.63) is 40.8 Å². The van der Waals surface area contributed by atoms with Crippen LogP contribution in [0.15, 0.2) is 30.3 Å². The van der Waals surface area contributed by atoms with E-state index >= 15 is 0 Å². The maximum Gasteiger partial charge on any atom is 0.337 e. The highest BCUT2D eigenvalue weighted by Crippen LogP contribution is 2.27. The number of nitrogens with zero attached hydrogens (tertiary/aromatic N) is 1. The second-order valence-electron chi connectivity index (χ2n) is 4.28. The average Bonchev–Trinajstić information content (AvgIpc) is 3.11. The number of nitrogens with two attached hydrogens (primary N) is 1. The van der Waals surface area contributed by atoms with E-state index in [-0.39, 0.29) is 5.97 Å². The van der Waals surface area contributed by atoms with E-state index in [1.807, 2.05) is 12.1 Å². The SMILES string of the molecule is COC(=O)c1ccc2nc(-c3ccc(CN)s3)[nH]c2c1. The summed E-state index contributed by atoms with van der Waals surface area (Å²) < 4.78 is 4.71. The minimum absolute atomic E-state index is 0.357. The highest BCUT2D eigenvalue weighted by molar-refractivity contribution is 7.15. The number of hydrogen-bond acceptors (Lipinski definition) is 5. The fourth-order valence-corrected chi connectivity index (χ4v) is 2.82. The summed E-state index contributed by atoms with van der Waals surface area (Å²) in [5.74, 6) is 0.427. The van der Waals surface area contributed by atoms with Crippen LogP contribution in [0.4, 0.5) is 0 Å². The third-order valence-corrected chi connectivity index (χ3v) is 4.11. The molecule has 5 nitrogen and oxygen atoms in total. The molecule has 2 aromatic heterocycles. The van der Waals surface area contributed by atoms with Crippen molar-refractivity contribution in [3.63, 3.8) is 0 Å². The molecule has 0 amide bonds. The monoisotopic (exact) mass is 287 g/mol. The van der Waals surface area contributed by atoms with Crippen molar-refractivity contribution in [1.82, 2.24) is 9.97 Å². The van der Waals surface area contributed by atoms with Crippen molar-refractivity contribution in [1.29, 1.82) is 0 Å². The van der Waals surface area contributed by atoms with E-state index in [9.17, 15) is 4.79 Å². The number of carbonyl (C=O) groups excluding carboxylic acids is 1. The summed E-state index contributed by atoms with van der Waals surface area (Å²) in [4.78, 5) is 21.4. The lowest BCUT2D eigenvalue weighted by Crippen LogP contribution is -2.00. The molecule has 0 aliphatic carbocycles. The van der Waals surface area contributed by atoms with E-state index in [1.165, 1.54) is 7.11 Å². The van der Waals surface area contributed by atoms with Gasteiger partial charge in [-0.05, 0) is 30.3 Å². The zero-order valence-electron chi connectivity index (χ0n) is 10.8. The van der Waals surface area contributed by atoms with Gasteiger partial charge in [0.1, 0.15) is 5.82 Å². The van der Waals surface area contributed by atoms with Crippen LogP contribution in [-0.2, 0) is 11.3 Å². The van der Waals surface area contributed by atoms with Crippen LogP contribution in [0, 0.1) is 0 Å². The molecule has 0 aliphatic heterocycles. The topological polar surface area (TPSA) is 81.0 Å². The molecule has 3 aromatic rings. The van der Waals surface area contributed by atoms with Crippen LogP contribution in [0.5, 0.6) is 0 Å². The molecule has 0 unspecified atom stereocenters. The van der Waals surface area contributed by atoms with Gasteiger partial charge in [-0.2, -0.15) is 0 Å². The standard InChI is InChI=1S/C14H13N3O2S/c1-19-14(18)8-2-4-10-11(6-8)17-13(16-10)12-5-3-9(7-15)20-12/h2-6H,7,15H2,1H3,(H,16,17). The van der Waals surface area contributed by atoms with Gasteiger partial charge in [0.05, 0.1) is 28.6 Å². The van der Waals surface area contributed by atoms with Gasteiger partial charge in [-0.1, -0.05) is 0 Å². The van der Waals surface area contributed by atoms with Gasteiger partial charge in [-0.3, -0.25) is 0 Å². The summed E-state index contributed by atoms with van der Waals surface area (Å²) in [6.07, 6.45) is 0. The molecule has 0 atom stereocenters. The minimum atomic E-state index is -0.357. The summed E-state index contributed by atoms with van der Waals surface area (Å²) in [5, 5.41) is 0. The zero-order chi connectivity index (χ0) is 14.1. The first-order valence-corrected chi connectivity index (χ1v) is 6.90. The number of H-pyrrole nitrogens is 1. The Kier molecular flexibility index (Phi) is 3.25. The molecule has 102 valence electrons. The summed E-state index contributed by atoms with van der Waals surface area (Å²) in [6, 6.07) is 9.24. The first-order chi connectivity index (χ1) is 9.71. The molecule has 0 aliphatic rings. The molecular formula is C14H13N3O2S. The van der Waals surface area contributed by atoms with E-state index in [2.05, 4.69) is 9.97 Å². The number of imidazole rings is 1. The molecule has 0 saturated carbocycles. The summed E-state index contributed by atoms with van der Waals surface area (Å²) >= 11 is 1.61. The number of benzene rings is 1. The largest absolute Gasteiger partial charge is 0.465 e. The van der Waals surface area contributed by atoms with Gasteiger partial charge in [0.25, 0.3) is 0 Å². The highest BCUT2D eigenvalue weighted by Gasteiger charge is 2.11. The fraction of sp³-hybridized carbons (Fsp3) is 0.143. The second kappa shape index (κ2) is 5.07.